The van der Waals surface area contributed by atoms with Crippen LogP contribution in [-0.4, -0.2) is 4.98 Å². The van der Waals surface area contributed by atoms with Crippen molar-refractivity contribution in [2.45, 2.75) is 44.9 Å². The maximum Gasteiger partial charge on any atom is 0.101 e. The maximum atomic E-state index is 8.96. The molecule has 0 unspecified atom stereocenters. The first-order valence-corrected chi connectivity index (χ1v) is 5.78. The molecule has 0 radical (unpaired) electrons. The Hall–Kier alpha value is -1.36. The fourth-order valence-electron chi connectivity index (χ4n) is 2.14. The summed E-state index contributed by atoms with van der Waals surface area (Å²) in [7, 11) is 0. The summed E-state index contributed by atoms with van der Waals surface area (Å²) in [5.74, 6) is 0. The van der Waals surface area contributed by atoms with Crippen molar-refractivity contribution in [3.63, 3.8) is 0 Å². The Morgan fingerprint density at radius 3 is 2.60 bits per heavy atom. The van der Waals surface area contributed by atoms with Gasteiger partial charge < -0.3 is 0 Å². The van der Waals surface area contributed by atoms with Gasteiger partial charge in [-0.15, -0.1) is 0 Å². The minimum absolute atomic E-state index is 0.763. The minimum atomic E-state index is 0.763. The van der Waals surface area contributed by atoms with Gasteiger partial charge in [-0.3, -0.25) is 4.98 Å². The Morgan fingerprint density at radius 2 is 1.80 bits per heavy atom. The van der Waals surface area contributed by atoms with Gasteiger partial charge in [0.1, 0.15) is 6.07 Å². The highest BCUT2D eigenvalue weighted by molar-refractivity contribution is 5.36. The Labute approximate surface area is 91.0 Å². The zero-order chi connectivity index (χ0) is 10.5. The quantitative estimate of drug-likeness (QED) is 0.645. The molecule has 0 aromatic carbocycles. The molecule has 78 valence electrons. The second-order valence-electron chi connectivity index (χ2n) is 4.21. The first-order chi connectivity index (χ1) is 7.40. The average Bonchev–Trinajstić information content (AvgIpc) is 2.28. The molecule has 1 heterocycles. The van der Waals surface area contributed by atoms with Crippen LogP contribution in [0.25, 0.3) is 0 Å². The number of fused-ring (bicyclic) bond motifs is 2. The molecule has 2 heteroatoms. The van der Waals surface area contributed by atoms with Crippen molar-refractivity contribution in [1.29, 1.82) is 5.26 Å². The summed E-state index contributed by atoms with van der Waals surface area (Å²) in [6.45, 7) is 0. The molecule has 1 aromatic rings. The van der Waals surface area contributed by atoms with Crippen LogP contribution in [0.5, 0.6) is 0 Å². The highest BCUT2D eigenvalue weighted by atomic mass is 14.7. The molecule has 1 aliphatic rings. The Kier molecular flexibility index (Phi) is 3.34. The van der Waals surface area contributed by atoms with E-state index in [1.807, 2.05) is 0 Å². The Balaban J connectivity index is 2.27. The summed E-state index contributed by atoms with van der Waals surface area (Å²) in [6, 6.07) is 4.36. The van der Waals surface area contributed by atoms with Gasteiger partial charge >= 0.3 is 0 Å². The molecule has 2 nitrogen and oxygen atoms in total. The van der Waals surface area contributed by atoms with Crippen molar-refractivity contribution in [2.75, 3.05) is 0 Å². The number of hydrogen-bond donors (Lipinski definition) is 0. The van der Waals surface area contributed by atoms with Crippen molar-refractivity contribution >= 4 is 0 Å². The Bertz CT molecular complexity index is 377. The largest absolute Gasteiger partial charge is 0.260 e. The highest BCUT2D eigenvalue weighted by Gasteiger charge is 2.06. The second kappa shape index (κ2) is 4.93. The summed E-state index contributed by atoms with van der Waals surface area (Å²) >= 11 is 0. The molecule has 2 rings (SSSR count). The summed E-state index contributed by atoms with van der Waals surface area (Å²) in [6.07, 6.45) is 10.2. The number of aryl methyl sites for hydroxylation is 2. The number of rotatable bonds is 0. The van der Waals surface area contributed by atoms with Crippen molar-refractivity contribution < 1.29 is 0 Å². The van der Waals surface area contributed by atoms with Gasteiger partial charge in [-0.05, 0) is 37.3 Å². The lowest BCUT2D eigenvalue weighted by Crippen LogP contribution is -1.99. The highest BCUT2D eigenvalue weighted by Crippen LogP contribution is 2.17. The van der Waals surface area contributed by atoms with Crippen LogP contribution in [0.15, 0.2) is 12.3 Å². The smallest absolute Gasteiger partial charge is 0.101 e. The molecule has 2 bridgehead atoms. The average molecular weight is 200 g/mol. The van der Waals surface area contributed by atoms with Crippen LogP contribution in [0, 0.1) is 11.3 Å². The number of pyridine rings is 1. The first-order valence-electron chi connectivity index (χ1n) is 5.78. The van der Waals surface area contributed by atoms with E-state index in [2.05, 4.69) is 17.1 Å². The molecular formula is C13H16N2. The van der Waals surface area contributed by atoms with Gasteiger partial charge in [-0.25, -0.2) is 0 Å². The first kappa shape index (κ1) is 10.2. The van der Waals surface area contributed by atoms with Crippen LogP contribution in [0.1, 0.15) is 48.9 Å². The van der Waals surface area contributed by atoms with Crippen LogP contribution < -0.4 is 0 Å². The van der Waals surface area contributed by atoms with Crippen molar-refractivity contribution in [2.24, 2.45) is 0 Å². The van der Waals surface area contributed by atoms with Crippen LogP contribution in [0.3, 0.4) is 0 Å². The van der Waals surface area contributed by atoms with Gasteiger partial charge in [-0.1, -0.05) is 19.3 Å². The molecule has 0 atom stereocenters. The van der Waals surface area contributed by atoms with E-state index in [4.69, 9.17) is 5.26 Å². The van der Waals surface area contributed by atoms with E-state index in [0.717, 1.165) is 24.1 Å². The molecule has 0 fully saturated rings. The molecule has 0 saturated carbocycles. The van der Waals surface area contributed by atoms with Crippen LogP contribution in [0.4, 0.5) is 0 Å². The van der Waals surface area contributed by atoms with Crippen LogP contribution >= 0.6 is 0 Å². The van der Waals surface area contributed by atoms with E-state index in [1.54, 1.807) is 6.20 Å². The zero-order valence-electron chi connectivity index (χ0n) is 9.00. The molecule has 0 spiro atoms. The summed E-state index contributed by atoms with van der Waals surface area (Å²) in [5, 5.41) is 8.96. The van der Waals surface area contributed by atoms with Gasteiger partial charge in [0.15, 0.2) is 0 Å². The topological polar surface area (TPSA) is 36.7 Å². The number of hydrogen-bond acceptors (Lipinski definition) is 2. The van der Waals surface area contributed by atoms with E-state index in [0.29, 0.717) is 0 Å². The zero-order valence-corrected chi connectivity index (χ0v) is 9.00. The predicted octanol–water partition coefficient (Wildman–Crippen LogP) is 3.00. The van der Waals surface area contributed by atoms with E-state index >= 15 is 0 Å². The monoisotopic (exact) mass is 200 g/mol. The molecule has 0 aliphatic heterocycles. The summed E-state index contributed by atoms with van der Waals surface area (Å²) in [5.41, 5.74) is 3.12. The lowest BCUT2D eigenvalue weighted by atomic mass is 9.98. The van der Waals surface area contributed by atoms with E-state index in [-0.39, 0.29) is 0 Å². The van der Waals surface area contributed by atoms with Gasteiger partial charge in [0, 0.05) is 11.9 Å². The number of nitriles is 1. The SMILES string of the molecule is N#Cc1cnc2cc1CCCCCCC2. The molecule has 1 aliphatic carbocycles. The predicted molar refractivity (Wildman–Crippen MR) is 59.4 cm³/mol. The molecule has 0 amide bonds. The van der Waals surface area contributed by atoms with Gasteiger partial charge in [-0.2, -0.15) is 5.26 Å². The Morgan fingerprint density at radius 1 is 1.07 bits per heavy atom. The molecule has 0 N–H and O–H groups in total. The molecule has 0 saturated heterocycles. The van der Waals surface area contributed by atoms with Crippen molar-refractivity contribution in [3.8, 4) is 6.07 Å². The van der Waals surface area contributed by atoms with Gasteiger partial charge in [0.25, 0.3) is 0 Å². The third kappa shape index (κ3) is 2.56. The normalized spacial score (nSPS) is 16.7. The van der Waals surface area contributed by atoms with Crippen molar-refractivity contribution in [1.82, 2.24) is 4.98 Å². The number of aromatic nitrogens is 1. The minimum Gasteiger partial charge on any atom is -0.260 e. The van der Waals surface area contributed by atoms with Crippen LogP contribution in [-0.2, 0) is 12.8 Å². The molecular weight excluding hydrogens is 184 g/mol. The summed E-state index contributed by atoms with van der Waals surface area (Å²) < 4.78 is 0. The lowest BCUT2D eigenvalue weighted by molar-refractivity contribution is 0.602. The fraction of sp³-hybridized carbons (Fsp3) is 0.538. The third-order valence-corrected chi connectivity index (χ3v) is 3.05. The van der Waals surface area contributed by atoms with Crippen LogP contribution in [0.2, 0.25) is 0 Å². The third-order valence-electron chi connectivity index (χ3n) is 3.05. The van der Waals surface area contributed by atoms with E-state index in [1.165, 1.54) is 37.7 Å². The lowest BCUT2D eigenvalue weighted by Gasteiger charge is -2.09. The van der Waals surface area contributed by atoms with Gasteiger partial charge in [0.2, 0.25) is 0 Å². The molecule has 15 heavy (non-hydrogen) atoms. The molecule has 1 aromatic heterocycles. The summed E-state index contributed by atoms with van der Waals surface area (Å²) in [4.78, 5) is 4.33. The second-order valence-corrected chi connectivity index (χ2v) is 4.21. The standard InChI is InChI=1S/C13H16N2/c14-9-12-10-15-13-7-5-3-1-2-4-6-11(12)8-13/h8,10H,1-7H2. The van der Waals surface area contributed by atoms with Crippen molar-refractivity contribution in [3.05, 3.63) is 29.1 Å². The fourth-order valence-corrected chi connectivity index (χ4v) is 2.14. The number of nitrogens with zero attached hydrogens (tertiary/aromatic N) is 2. The van der Waals surface area contributed by atoms with E-state index < -0.39 is 0 Å². The van der Waals surface area contributed by atoms with Gasteiger partial charge in [0.05, 0.1) is 5.56 Å². The van der Waals surface area contributed by atoms with E-state index in [9.17, 15) is 0 Å². The maximum absolute atomic E-state index is 8.96.